The monoisotopic (exact) mass is 365 g/mol. The first-order valence-electron chi connectivity index (χ1n) is 9.06. The van der Waals surface area contributed by atoms with Gasteiger partial charge in [-0.2, -0.15) is 4.98 Å². The Labute approximate surface area is 156 Å². The van der Waals surface area contributed by atoms with Gasteiger partial charge in [-0.1, -0.05) is 31.5 Å². The standard InChI is InChI=1S/C20H23N5O2/c1-12(2)10-24-18(26)16-17(22(5)20(24)27)21-19-23(16)11-14(4)25(19)15-8-6-13(3)7-9-15/h6-9,11-12H,10H2,1-5H3. The molecule has 0 saturated carbocycles. The predicted octanol–water partition coefficient (Wildman–Crippen LogP) is 2.41. The lowest BCUT2D eigenvalue weighted by Crippen LogP contribution is -2.40. The maximum absolute atomic E-state index is 13.1. The molecule has 0 unspecified atom stereocenters. The van der Waals surface area contributed by atoms with Crippen molar-refractivity contribution in [3.8, 4) is 5.69 Å². The molecule has 3 aromatic heterocycles. The molecule has 0 amide bonds. The van der Waals surface area contributed by atoms with Crippen LogP contribution < -0.4 is 11.2 Å². The molecule has 0 N–H and O–H groups in total. The zero-order chi connectivity index (χ0) is 19.5. The maximum atomic E-state index is 13.1. The first-order chi connectivity index (χ1) is 12.8. The van der Waals surface area contributed by atoms with Crippen molar-refractivity contribution in [1.29, 1.82) is 0 Å². The van der Waals surface area contributed by atoms with Crippen molar-refractivity contribution in [3.05, 3.63) is 62.6 Å². The number of rotatable bonds is 3. The Balaban J connectivity index is 2.10. The van der Waals surface area contributed by atoms with E-state index < -0.39 is 0 Å². The third-order valence-electron chi connectivity index (χ3n) is 4.87. The molecule has 0 aliphatic carbocycles. The molecule has 0 fully saturated rings. The van der Waals surface area contributed by atoms with Crippen LogP contribution in [0.5, 0.6) is 0 Å². The Hall–Kier alpha value is -3.09. The van der Waals surface area contributed by atoms with Gasteiger partial charge in [0.25, 0.3) is 5.56 Å². The van der Waals surface area contributed by atoms with Crippen LogP contribution in [-0.2, 0) is 13.6 Å². The van der Waals surface area contributed by atoms with Gasteiger partial charge in [0.05, 0.1) is 0 Å². The van der Waals surface area contributed by atoms with E-state index in [1.165, 1.54) is 14.7 Å². The van der Waals surface area contributed by atoms with E-state index in [2.05, 4.69) is 4.98 Å². The average molecular weight is 365 g/mol. The second-order valence-corrected chi connectivity index (χ2v) is 7.55. The third kappa shape index (κ3) is 2.53. The van der Waals surface area contributed by atoms with Gasteiger partial charge in [0.2, 0.25) is 5.78 Å². The molecular formula is C20H23N5O2. The molecule has 3 heterocycles. The van der Waals surface area contributed by atoms with Gasteiger partial charge >= 0.3 is 5.69 Å². The summed E-state index contributed by atoms with van der Waals surface area (Å²) >= 11 is 0. The maximum Gasteiger partial charge on any atom is 0.332 e. The predicted molar refractivity (Wildman–Crippen MR) is 106 cm³/mol. The summed E-state index contributed by atoms with van der Waals surface area (Å²) in [5.41, 5.74) is 3.31. The number of aromatic nitrogens is 5. The van der Waals surface area contributed by atoms with Gasteiger partial charge in [-0.25, -0.2) is 4.79 Å². The van der Waals surface area contributed by atoms with Crippen molar-refractivity contribution in [1.82, 2.24) is 23.1 Å². The molecule has 0 saturated heterocycles. The van der Waals surface area contributed by atoms with E-state index in [1.54, 1.807) is 11.4 Å². The van der Waals surface area contributed by atoms with E-state index in [-0.39, 0.29) is 17.2 Å². The molecule has 4 rings (SSSR count). The van der Waals surface area contributed by atoms with Crippen molar-refractivity contribution in [2.45, 2.75) is 34.2 Å². The zero-order valence-electron chi connectivity index (χ0n) is 16.2. The van der Waals surface area contributed by atoms with E-state index in [9.17, 15) is 9.59 Å². The first-order valence-corrected chi connectivity index (χ1v) is 9.06. The quantitative estimate of drug-likeness (QED) is 0.560. The summed E-state index contributed by atoms with van der Waals surface area (Å²) in [5.74, 6) is 0.816. The van der Waals surface area contributed by atoms with Crippen molar-refractivity contribution in [3.63, 3.8) is 0 Å². The summed E-state index contributed by atoms with van der Waals surface area (Å²) in [6, 6.07) is 8.13. The molecule has 0 aliphatic rings. The fraction of sp³-hybridized carbons (Fsp3) is 0.350. The second-order valence-electron chi connectivity index (χ2n) is 7.55. The highest BCUT2D eigenvalue weighted by Crippen LogP contribution is 2.21. The summed E-state index contributed by atoms with van der Waals surface area (Å²) in [6.07, 6.45) is 1.90. The Kier molecular flexibility index (Phi) is 3.83. The number of hydrogen-bond donors (Lipinski definition) is 0. The second kappa shape index (κ2) is 5.97. The minimum absolute atomic E-state index is 0.190. The Bertz CT molecular complexity index is 1280. The molecule has 4 aromatic rings. The van der Waals surface area contributed by atoms with E-state index in [0.29, 0.717) is 23.5 Å². The molecule has 7 heteroatoms. The normalized spacial score (nSPS) is 11.9. The highest BCUT2D eigenvalue weighted by Gasteiger charge is 2.20. The summed E-state index contributed by atoms with van der Waals surface area (Å²) < 4.78 is 6.56. The van der Waals surface area contributed by atoms with Gasteiger partial charge in [0, 0.05) is 31.2 Å². The zero-order valence-corrected chi connectivity index (χ0v) is 16.2. The smallest absolute Gasteiger partial charge is 0.283 e. The van der Waals surface area contributed by atoms with E-state index in [4.69, 9.17) is 0 Å². The molecule has 0 spiro atoms. The first kappa shape index (κ1) is 17.3. The largest absolute Gasteiger partial charge is 0.332 e. The minimum atomic E-state index is -0.333. The molecule has 0 bridgehead atoms. The molecule has 0 radical (unpaired) electrons. The summed E-state index contributed by atoms with van der Waals surface area (Å²) in [4.78, 5) is 30.4. The van der Waals surface area contributed by atoms with Crippen molar-refractivity contribution >= 4 is 16.9 Å². The van der Waals surface area contributed by atoms with Gasteiger partial charge in [-0.15, -0.1) is 0 Å². The van der Waals surface area contributed by atoms with Crippen LogP contribution in [-0.4, -0.2) is 23.1 Å². The molecule has 0 atom stereocenters. The topological polar surface area (TPSA) is 66.2 Å². The van der Waals surface area contributed by atoms with Gasteiger partial charge in [0.15, 0.2) is 11.2 Å². The molecule has 140 valence electrons. The molecule has 27 heavy (non-hydrogen) atoms. The van der Waals surface area contributed by atoms with Crippen LogP contribution in [0.25, 0.3) is 22.6 Å². The Morgan fingerprint density at radius 1 is 1.07 bits per heavy atom. The van der Waals surface area contributed by atoms with Crippen molar-refractivity contribution in [2.75, 3.05) is 0 Å². The number of aryl methyl sites for hydroxylation is 3. The van der Waals surface area contributed by atoms with Crippen LogP contribution in [0.1, 0.15) is 25.1 Å². The average Bonchev–Trinajstić information content (AvgIpc) is 3.12. The van der Waals surface area contributed by atoms with Crippen molar-refractivity contribution in [2.24, 2.45) is 13.0 Å². The number of nitrogens with zero attached hydrogens (tertiary/aromatic N) is 5. The van der Waals surface area contributed by atoms with Gasteiger partial charge in [0.1, 0.15) is 0 Å². The number of fused-ring (bicyclic) bond motifs is 3. The van der Waals surface area contributed by atoms with Crippen LogP contribution in [0.3, 0.4) is 0 Å². The molecular weight excluding hydrogens is 342 g/mol. The SMILES string of the molecule is Cc1ccc(-n2c(C)cn3c4c(=O)n(CC(C)C)c(=O)n(C)c4nc23)cc1. The Morgan fingerprint density at radius 3 is 2.37 bits per heavy atom. The molecule has 7 nitrogen and oxygen atoms in total. The van der Waals surface area contributed by atoms with E-state index >= 15 is 0 Å². The van der Waals surface area contributed by atoms with Crippen LogP contribution in [0, 0.1) is 19.8 Å². The summed E-state index contributed by atoms with van der Waals surface area (Å²) in [5, 5.41) is 0. The molecule has 1 aromatic carbocycles. The third-order valence-corrected chi connectivity index (χ3v) is 4.87. The van der Waals surface area contributed by atoms with Gasteiger partial charge in [-0.05, 0) is 31.9 Å². The number of imidazole rings is 2. The highest BCUT2D eigenvalue weighted by molar-refractivity contribution is 5.76. The van der Waals surface area contributed by atoms with Crippen molar-refractivity contribution < 1.29 is 0 Å². The summed E-state index contributed by atoms with van der Waals surface area (Å²) in [7, 11) is 1.66. The van der Waals surface area contributed by atoms with Crippen LogP contribution >= 0.6 is 0 Å². The van der Waals surface area contributed by atoms with Gasteiger partial charge in [-0.3, -0.25) is 22.9 Å². The van der Waals surface area contributed by atoms with Crippen LogP contribution in [0.15, 0.2) is 40.1 Å². The molecule has 0 aliphatic heterocycles. The minimum Gasteiger partial charge on any atom is -0.283 e. The number of benzene rings is 1. The Morgan fingerprint density at radius 2 is 1.74 bits per heavy atom. The fourth-order valence-electron chi connectivity index (χ4n) is 3.55. The van der Waals surface area contributed by atoms with E-state index in [0.717, 1.165) is 11.4 Å². The fourth-order valence-corrected chi connectivity index (χ4v) is 3.55. The van der Waals surface area contributed by atoms with Gasteiger partial charge < -0.3 is 0 Å². The van der Waals surface area contributed by atoms with Crippen LogP contribution in [0.4, 0.5) is 0 Å². The van der Waals surface area contributed by atoms with E-state index in [1.807, 2.05) is 62.7 Å². The highest BCUT2D eigenvalue weighted by atomic mass is 16.2. The lowest BCUT2D eigenvalue weighted by atomic mass is 10.2. The van der Waals surface area contributed by atoms with Crippen LogP contribution in [0.2, 0.25) is 0 Å². The lowest BCUT2D eigenvalue weighted by molar-refractivity contribution is 0.484. The number of hydrogen-bond acceptors (Lipinski definition) is 3. The summed E-state index contributed by atoms with van der Waals surface area (Å²) in [6.45, 7) is 8.38. The lowest BCUT2D eigenvalue weighted by Gasteiger charge is -2.09.